The van der Waals surface area contributed by atoms with E-state index in [1.54, 1.807) is 18.2 Å². The van der Waals surface area contributed by atoms with Gasteiger partial charge in [-0.25, -0.2) is 9.78 Å². The summed E-state index contributed by atoms with van der Waals surface area (Å²) in [5.74, 6) is 0.266. The molecule has 0 fully saturated rings. The molecule has 0 aliphatic carbocycles. The van der Waals surface area contributed by atoms with Crippen molar-refractivity contribution < 1.29 is 9.90 Å². The van der Waals surface area contributed by atoms with Gasteiger partial charge < -0.3 is 10.4 Å². The molecule has 0 aliphatic rings. The molecule has 27 heavy (non-hydrogen) atoms. The van der Waals surface area contributed by atoms with Crippen LogP contribution < -0.4 is 10.9 Å². The van der Waals surface area contributed by atoms with Crippen LogP contribution in [0.4, 0.5) is 4.79 Å². The topological polar surface area (TPSA) is 84.2 Å². The fourth-order valence-electron chi connectivity index (χ4n) is 3.03. The Balaban J connectivity index is 2.25. The number of hydrogen-bond donors (Lipinski definition) is 2. The summed E-state index contributed by atoms with van der Waals surface area (Å²) in [6.45, 7) is 4.05. The standard InChI is InChI=1S/C20H20ClN3O3/c1-12(2)17(23-20(26)27)18-22-16-10-14(21)8-9-15(16)19(25)24(18)11-13-6-4-3-5-7-13/h3-10,12,17,23H,11H2,1-2H3,(H,26,27). The lowest BCUT2D eigenvalue weighted by Gasteiger charge is -2.24. The van der Waals surface area contributed by atoms with Crippen LogP contribution in [0.1, 0.15) is 31.3 Å². The molecule has 2 aromatic carbocycles. The number of carboxylic acid groups (broad SMARTS) is 1. The zero-order valence-corrected chi connectivity index (χ0v) is 15.8. The van der Waals surface area contributed by atoms with Crippen LogP contribution in [-0.4, -0.2) is 20.8 Å². The highest BCUT2D eigenvalue weighted by Gasteiger charge is 2.25. The number of rotatable bonds is 5. The summed E-state index contributed by atoms with van der Waals surface area (Å²) in [7, 11) is 0. The highest BCUT2D eigenvalue weighted by Crippen LogP contribution is 2.23. The Hall–Kier alpha value is -2.86. The lowest BCUT2D eigenvalue weighted by atomic mass is 10.0. The van der Waals surface area contributed by atoms with Crippen molar-refractivity contribution in [2.45, 2.75) is 26.4 Å². The van der Waals surface area contributed by atoms with Crippen molar-refractivity contribution in [1.82, 2.24) is 14.9 Å². The maximum absolute atomic E-state index is 13.2. The molecule has 1 unspecified atom stereocenters. The van der Waals surface area contributed by atoms with Crippen LogP contribution in [-0.2, 0) is 6.54 Å². The summed E-state index contributed by atoms with van der Waals surface area (Å²) >= 11 is 6.06. The molecule has 140 valence electrons. The molecule has 0 spiro atoms. The smallest absolute Gasteiger partial charge is 0.405 e. The first-order valence-electron chi connectivity index (χ1n) is 8.60. The Morgan fingerprint density at radius 3 is 2.56 bits per heavy atom. The van der Waals surface area contributed by atoms with E-state index < -0.39 is 12.1 Å². The van der Waals surface area contributed by atoms with Crippen molar-refractivity contribution in [3.63, 3.8) is 0 Å². The summed E-state index contributed by atoms with van der Waals surface area (Å²) in [6.07, 6.45) is -1.17. The van der Waals surface area contributed by atoms with Crippen LogP contribution in [0.25, 0.3) is 10.9 Å². The van der Waals surface area contributed by atoms with Crippen LogP contribution in [0.3, 0.4) is 0 Å². The minimum absolute atomic E-state index is 0.105. The van der Waals surface area contributed by atoms with E-state index in [0.717, 1.165) is 5.56 Å². The number of nitrogens with zero attached hydrogens (tertiary/aromatic N) is 2. The Bertz CT molecular complexity index is 1030. The maximum atomic E-state index is 13.2. The third kappa shape index (κ3) is 4.11. The van der Waals surface area contributed by atoms with Gasteiger partial charge in [-0.15, -0.1) is 0 Å². The van der Waals surface area contributed by atoms with Gasteiger partial charge in [0.15, 0.2) is 0 Å². The molecule has 2 N–H and O–H groups in total. The molecule has 0 saturated heterocycles. The molecular formula is C20H20ClN3O3. The van der Waals surface area contributed by atoms with Gasteiger partial charge in [-0.1, -0.05) is 55.8 Å². The van der Waals surface area contributed by atoms with Crippen LogP contribution in [0.2, 0.25) is 5.02 Å². The molecule has 3 rings (SSSR count). The number of benzene rings is 2. The zero-order valence-electron chi connectivity index (χ0n) is 15.0. The second-order valence-electron chi connectivity index (χ2n) is 6.68. The second-order valence-corrected chi connectivity index (χ2v) is 7.12. The predicted octanol–water partition coefficient (Wildman–Crippen LogP) is 4.06. The van der Waals surface area contributed by atoms with E-state index in [0.29, 0.717) is 28.3 Å². The fraction of sp³-hybridized carbons (Fsp3) is 0.250. The molecule has 7 heteroatoms. The van der Waals surface area contributed by atoms with E-state index >= 15 is 0 Å². The van der Waals surface area contributed by atoms with E-state index in [1.165, 1.54) is 4.57 Å². The molecule has 1 heterocycles. The molecule has 0 bridgehead atoms. The Labute approximate surface area is 161 Å². The van der Waals surface area contributed by atoms with Crippen molar-refractivity contribution in [3.05, 3.63) is 75.3 Å². The lowest BCUT2D eigenvalue weighted by molar-refractivity contribution is 0.184. The number of fused-ring (bicyclic) bond motifs is 1. The van der Waals surface area contributed by atoms with Gasteiger partial charge in [0.2, 0.25) is 0 Å². The van der Waals surface area contributed by atoms with Gasteiger partial charge in [0.25, 0.3) is 5.56 Å². The number of aromatic nitrogens is 2. The minimum Gasteiger partial charge on any atom is -0.465 e. The molecule has 6 nitrogen and oxygen atoms in total. The molecule has 1 atom stereocenters. The summed E-state index contributed by atoms with van der Waals surface area (Å²) in [6, 6.07) is 13.8. The van der Waals surface area contributed by atoms with Crippen molar-refractivity contribution in [2.24, 2.45) is 5.92 Å². The van der Waals surface area contributed by atoms with Crippen molar-refractivity contribution >= 4 is 28.6 Å². The molecule has 0 saturated carbocycles. The first-order chi connectivity index (χ1) is 12.9. The number of hydrogen-bond acceptors (Lipinski definition) is 3. The number of nitrogens with one attached hydrogen (secondary N) is 1. The second kappa shape index (κ2) is 7.80. The van der Waals surface area contributed by atoms with E-state index in [9.17, 15) is 14.7 Å². The molecule has 1 aromatic heterocycles. The largest absolute Gasteiger partial charge is 0.465 e. The molecular weight excluding hydrogens is 366 g/mol. The normalized spacial score (nSPS) is 12.3. The summed E-state index contributed by atoms with van der Waals surface area (Å²) < 4.78 is 1.53. The van der Waals surface area contributed by atoms with Gasteiger partial charge in [-0.3, -0.25) is 9.36 Å². The monoisotopic (exact) mass is 385 g/mol. The molecule has 0 aliphatic heterocycles. The van der Waals surface area contributed by atoms with Gasteiger partial charge in [0.1, 0.15) is 5.82 Å². The fourth-order valence-corrected chi connectivity index (χ4v) is 3.20. The number of amides is 1. The van der Waals surface area contributed by atoms with Gasteiger partial charge in [-0.2, -0.15) is 0 Å². The van der Waals surface area contributed by atoms with Gasteiger partial charge in [0, 0.05) is 5.02 Å². The molecule has 0 radical (unpaired) electrons. The van der Waals surface area contributed by atoms with Gasteiger partial charge in [0.05, 0.1) is 23.5 Å². The highest BCUT2D eigenvalue weighted by atomic mass is 35.5. The zero-order chi connectivity index (χ0) is 19.6. The summed E-state index contributed by atoms with van der Waals surface area (Å²) in [5, 5.41) is 12.7. The number of halogens is 1. The Kier molecular flexibility index (Phi) is 5.46. The first kappa shape index (κ1) is 18.9. The predicted molar refractivity (Wildman–Crippen MR) is 105 cm³/mol. The van der Waals surface area contributed by atoms with E-state index in [1.807, 2.05) is 44.2 Å². The Morgan fingerprint density at radius 2 is 1.93 bits per heavy atom. The first-order valence-corrected chi connectivity index (χ1v) is 8.98. The van der Waals surface area contributed by atoms with Crippen LogP contribution in [0, 0.1) is 5.92 Å². The van der Waals surface area contributed by atoms with Gasteiger partial charge >= 0.3 is 6.09 Å². The maximum Gasteiger partial charge on any atom is 0.405 e. The lowest BCUT2D eigenvalue weighted by Crippen LogP contribution is -2.37. The molecule has 1 amide bonds. The van der Waals surface area contributed by atoms with Crippen LogP contribution in [0.5, 0.6) is 0 Å². The van der Waals surface area contributed by atoms with Crippen LogP contribution >= 0.6 is 11.6 Å². The third-order valence-electron chi connectivity index (χ3n) is 4.35. The van der Waals surface area contributed by atoms with Crippen molar-refractivity contribution in [3.8, 4) is 0 Å². The van der Waals surface area contributed by atoms with Gasteiger partial charge in [-0.05, 0) is 29.7 Å². The summed E-state index contributed by atoms with van der Waals surface area (Å²) in [5.41, 5.74) is 1.15. The van der Waals surface area contributed by atoms with Crippen molar-refractivity contribution in [1.29, 1.82) is 0 Å². The van der Waals surface area contributed by atoms with Crippen LogP contribution in [0.15, 0.2) is 53.3 Å². The molecule has 3 aromatic rings. The third-order valence-corrected chi connectivity index (χ3v) is 4.59. The average Bonchev–Trinajstić information content (AvgIpc) is 2.62. The van der Waals surface area contributed by atoms with E-state index in [2.05, 4.69) is 10.3 Å². The SMILES string of the molecule is CC(C)C(NC(=O)O)c1nc2cc(Cl)ccc2c(=O)n1Cc1ccccc1. The van der Waals surface area contributed by atoms with Crippen molar-refractivity contribution in [2.75, 3.05) is 0 Å². The minimum atomic E-state index is -1.17. The highest BCUT2D eigenvalue weighted by molar-refractivity contribution is 6.31. The quantitative estimate of drug-likeness (QED) is 0.693. The number of carbonyl (C=O) groups is 1. The van der Waals surface area contributed by atoms with E-state index in [-0.39, 0.29) is 11.5 Å². The summed E-state index contributed by atoms with van der Waals surface area (Å²) in [4.78, 5) is 29.1. The Morgan fingerprint density at radius 1 is 1.22 bits per heavy atom. The van der Waals surface area contributed by atoms with E-state index in [4.69, 9.17) is 11.6 Å². The average molecular weight is 386 g/mol.